The lowest BCUT2D eigenvalue weighted by atomic mass is 10.0. The quantitative estimate of drug-likeness (QED) is 0.166. The molecule has 0 aliphatic rings. The molecule has 1 heterocycles. The zero-order valence-electron chi connectivity index (χ0n) is 23.0. The van der Waals surface area contributed by atoms with Gasteiger partial charge in [-0.1, -0.05) is 32.0 Å². The summed E-state index contributed by atoms with van der Waals surface area (Å²) in [5.74, 6) is -1.30. The van der Waals surface area contributed by atoms with Crippen LogP contribution < -0.4 is 21.7 Å². The number of benzene rings is 1. The molecule has 2 rings (SSSR count). The number of thioether (sulfide) groups is 2. The number of amides is 3. The number of aromatic nitrogens is 1. The Morgan fingerprint density at radius 1 is 0.897 bits per heavy atom. The number of fused-ring (bicyclic) bond motifs is 1. The Hall–Kier alpha value is -2.70. The Morgan fingerprint density at radius 2 is 1.49 bits per heavy atom. The molecule has 4 unspecified atom stereocenters. The van der Waals surface area contributed by atoms with Gasteiger partial charge >= 0.3 is 5.97 Å². The highest BCUT2D eigenvalue weighted by molar-refractivity contribution is 7.98. The molecule has 7 N–H and O–H groups in total. The smallest absolute Gasteiger partial charge is 0.326 e. The van der Waals surface area contributed by atoms with Crippen molar-refractivity contribution in [3.05, 3.63) is 36.0 Å². The first-order chi connectivity index (χ1) is 18.6. The molecule has 0 fully saturated rings. The molecule has 1 aromatic carbocycles. The van der Waals surface area contributed by atoms with Gasteiger partial charge in [-0.3, -0.25) is 14.4 Å². The van der Waals surface area contributed by atoms with E-state index in [1.54, 1.807) is 18.0 Å². The predicted octanol–water partition coefficient (Wildman–Crippen LogP) is 2.13. The van der Waals surface area contributed by atoms with Gasteiger partial charge in [-0.05, 0) is 60.8 Å². The molecule has 0 bridgehead atoms. The molecular formula is C27H41N5O5S2. The number of aliphatic carboxylic acids is 1. The highest BCUT2D eigenvalue weighted by Gasteiger charge is 2.31. The van der Waals surface area contributed by atoms with Crippen LogP contribution in [-0.2, 0) is 25.6 Å². The van der Waals surface area contributed by atoms with Crippen LogP contribution >= 0.6 is 23.5 Å². The molecule has 0 aliphatic heterocycles. The van der Waals surface area contributed by atoms with E-state index in [1.165, 1.54) is 11.8 Å². The van der Waals surface area contributed by atoms with Crippen molar-refractivity contribution in [1.29, 1.82) is 0 Å². The number of nitrogens with one attached hydrogen (secondary N) is 4. The number of rotatable bonds is 17. The number of carbonyl (C=O) groups excluding carboxylic acids is 3. The zero-order valence-corrected chi connectivity index (χ0v) is 24.6. The third-order valence-electron chi connectivity index (χ3n) is 6.27. The van der Waals surface area contributed by atoms with Gasteiger partial charge in [0.1, 0.15) is 18.1 Å². The van der Waals surface area contributed by atoms with Gasteiger partial charge in [0, 0.05) is 23.5 Å². The van der Waals surface area contributed by atoms with Crippen molar-refractivity contribution in [2.45, 2.75) is 63.7 Å². The predicted molar refractivity (Wildman–Crippen MR) is 159 cm³/mol. The average molecular weight is 580 g/mol. The second-order valence-electron chi connectivity index (χ2n) is 9.88. The molecule has 0 saturated heterocycles. The molecular weight excluding hydrogens is 538 g/mol. The highest BCUT2D eigenvalue weighted by atomic mass is 32.2. The second kappa shape index (κ2) is 16.4. The molecule has 4 atom stereocenters. The fourth-order valence-electron chi connectivity index (χ4n) is 4.13. The van der Waals surface area contributed by atoms with Crippen LogP contribution in [0.2, 0.25) is 0 Å². The molecule has 0 aliphatic carbocycles. The standard InChI is InChI=1S/C27H41N5O5S2/c1-16(2)13-22(31-25(34)21(10-12-39-4)30-24(33)19(28)9-11-38-3)26(35)32-23(27(36)37)14-17-15-29-20-8-6-5-7-18(17)20/h5-8,15-16,19,21-23,29H,9-14,28H2,1-4H3,(H,30,33)(H,31,34)(H,32,35)(H,36,37). The SMILES string of the molecule is CSCCC(N)C(=O)NC(CCSC)C(=O)NC(CC(C)C)C(=O)NC(Cc1c[nH]c2ccccc12)C(=O)O. The zero-order chi connectivity index (χ0) is 28.9. The summed E-state index contributed by atoms with van der Waals surface area (Å²) in [7, 11) is 0. The van der Waals surface area contributed by atoms with Crippen molar-refractivity contribution in [2.75, 3.05) is 24.0 Å². The van der Waals surface area contributed by atoms with Gasteiger partial charge < -0.3 is 31.8 Å². The van der Waals surface area contributed by atoms with E-state index in [4.69, 9.17) is 5.73 Å². The van der Waals surface area contributed by atoms with Gasteiger partial charge in [-0.25, -0.2) is 4.79 Å². The summed E-state index contributed by atoms with van der Waals surface area (Å²) < 4.78 is 0. The Morgan fingerprint density at radius 3 is 2.13 bits per heavy atom. The maximum absolute atomic E-state index is 13.3. The van der Waals surface area contributed by atoms with E-state index in [0.29, 0.717) is 25.0 Å². The summed E-state index contributed by atoms with van der Waals surface area (Å²) in [6.07, 6.45) is 6.78. The van der Waals surface area contributed by atoms with Gasteiger partial charge in [0.15, 0.2) is 0 Å². The molecule has 2 aromatic rings. The van der Waals surface area contributed by atoms with E-state index in [1.807, 2.05) is 50.6 Å². The largest absolute Gasteiger partial charge is 0.480 e. The third kappa shape index (κ3) is 10.4. The maximum Gasteiger partial charge on any atom is 0.326 e. The molecule has 12 heteroatoms. The molecule has 3 amide bonds. The third-order valence-corrected chi connectivity index (χ3v) is 7.55. The van der Waals surface area contributed by atoms with Crippen molar-refractivity contribution >= 4 is 58.1 Å². The first kappa shape index (κ1) is 32.5. The lowest BCUT2D eigenvalue weighted by molar-refractivity contribution is -0.142. The lowest BCUT2D eigenvalue weighted by Gasteiger charge is -2.26. The van der Waals surface area contributed by atoms with Crippen molar-refractivity contribution in [3.63, 3.8) is 0 Å². The van der Waals surface area contributed by atoms with Crippen molar-refractivity contribution in [2.24, 2.45) is 11.7 Å². The summed E-state index contributed by atoms with van der Waals surface area (Å²) in [4.78, 5) is 54.4. The van der Waals surface area contributed by atoms with Crippen LogP contribution in [0, 0.1) is 5.92 Å². The van der Waals surface area contributed by atoms with E-state index < -0.39 is 47.9 Å². The van der Waals surface area contributed by atoms with E-state index in [9.17, 15) is 24.3 Å². The second-order valence-corrected chi connectivity index (χ2v) is 11.9. The Bertz CT molecular complexity index is 1110. The minimum absolute atomic E-state index is 0.0390. The first-order valence-electron chi connectivity index (χ1n) is 13.0. The molecule has 10 nitrogen and oxygen atoms in total. The van der Waals surface area contributed by atoms with Gasteiger partial charge in [-0.2, -0.15) is 23.5 Å². The summed E-state index contributed by atoms with van der Waals surface area (Å²) in [6, 6.07) is 3.76. The molecule has 0 radical (unpaired) electrons. The van der Waals surface area contributed by atoms with Gasteiger partial charge in [-0.15, -0.1) is 0 Å². The van der Waals surface area contributed by atoms with Crippen LogP contribution in [0.4, 0.5) is 0 Å². The fraction of sp³-hybridized carbons (Fsp3) is 0.556. The number of carboxylic acid groups (broad SMARTS) is 1. The Labute approximate surface area is 238 Å². The topological polar surface area (TPSA) is 166 Å². The van der Waals surface area contributed by atoms with Crippen molar-refractivity contribution in [1.82, 2.24) is 20.9 Å². The summed E-state index contributed by atoms with van der Waals surface area (Å²) >= 11 is 3.11. The molecule has 39 heavy (non-hydrogen) atoms. The van der Waals surface area contributed by atoms with E-state index in [-0.39, 0.29) is 12.3 Å². The minimum Gasteiger partial charge on any atom is -0.480 e. The van der Waals surface area contributed by atoms with E-state index in [0.717, 1.165) is 22.2 Å². The maximum atomic E-state index is 13.3. The Kier molecular flexibility index (Phi) is 13.7. The minimum atomic E-state index is -1.19. The van der Waals surface area contributed by atoms with E-state index >= 15 is 0 Å². The van der Waals surface area contributed by atoms with Crippen LogP contribution in [0.15, 0.2) is 30.5 Å². The van der Waals surface area contributed by atoms with Crippen LogP contribution in [0.5, 0.6) is 0 Å². The number of carboxylic acids is 1. The number of carbonyl (C=O) groups is 4. The van der Waals surface area contributed by atoms with Gasteiger partial charge in [0.25, 0.3) is 0 Å². The number of nitrogens with two attached hydrogens (primary N) is 1. The molecule has 1 aromatic heterocycles. The molecule has 0 saturated carbocycles. The van der Waals surface area contributed by atoms with Crippen LogP contribution in [0.25, 0.3) is 10.9 Å². The Balaban J connectivity index is 2.15. The fourth-order valence-corrected chi connectivity index (χ4v) is 5.09. The number of hydrogen-bond acceptors (Lipinski definition) is 7. The number of hydrogen-bond donors (Lipinski definition) is 6. The molecule has 216 valence electrons. The summed E-state index contributed by atoms with van der Waals surface area (Å²) in [5, 5.41) is 18.9. The molecule has 0 spiro atoms. The monoisotopic (exact) mass is 579 g/mol. The van der Waals surface area contributed by atoms with Gasteiger partial charge in [0.05, 0.1) is 6.04 Å². The lowest BCUT2D eigenvalue weighted by Crippen LogP contribution is -2.57. The van der Waals surface area contributed by atoms with Crippen molar-refractivity contribution < 1.29 is 24.3 Å². The van der Waals surface area contributed by atoms with Crippen LogP contribution in [0.3, 0.4) is 0 Å². The number of H-pyrrole nitrogens is 1. The number of para-hydroxylation sites is 1. The van der Waals surface area contributed by atoms with Crippen LogP contribution in [-0.4, -0.2) is 82.0 Å². The number of aromatic amines is 1. The summed E-state index contributed by atoms with van der Waals surface area (Å²) in [6.45, 7) is 3.82. The van der Waals surface area contributed by atoms with Crippen LogP contribution in [0.1, 0.15) is 38.7 Å². The average Bonchev–Trinajstić information content (AvgIpc) is 3.30. The normalized spacial score (nSPS) is 14.4. The van der Waals surface area contributed by atoms with E-state index in [2.05, 4.69) is 20.9 Å². The highest BCUT2D eigenvalue weighted by Crippen LogP contribution is 2.19. The van der Waals surface area contributed by atoms with Gasteiger partial charge in [0.2, 0.25) is 17.7 Å². The first-order valence-corrected chi connectivity index (χ1v) is 15.8. The van der Waals surface area contributed by atoms with Crippen molar-refractivity contribution in [3.8, 4) is 0 Å². The summed E-state index contributed by atoms with van der Waals surface area (Å²) in [5.41, 5.74) is 7.62.